The summed E-state index contributed by atoms with van der Waals surface area (Å²) in [5, 5.41) is 3.87. The topological polar surface area (TPSA) is 75.7 Å². The molecule has 3 rings (SSSR count). The number of imidazole rings is 1. The van der Waals surface area contributed by atoms with Gasteiger partial charge in [-0.3, -0.25) is 0 Å². The van der Waals surface area contributed by atoms with Crippen molar-refractivity contribution in [3.05, 3.63) is 41.9 Å². The van der Waals surface area contributed by atoms with E-state index in [1.54, 1.807) is 18.5 Å². The minimum Gasteiger partial charge on any atom is -0.492 e. The van der Waals surface area contributed by atoms with Crippen LogP contribution in [0.25, 0.3) is 11.2 Å². The molecule has 0 aliphatic carbocycles. The van der Waals surface area contributed by atoms with Gasteiger partial charge in [0, 0.05) is 5.02 Å². The molecule has 2 heterocycles. The fourth-order valence-electron chi connectivity index (χ4n) is 1.77. The third kappa shape index (κ3) is 2.80. The normalized spacial score (nSPS) is 10.7. The van der Waals surface area contributed by atoms with Gasteiger partial charge in [0.05, 0.1) is 12.9 Å². The molecule has 0 saturated carbocycles. The number of nitrogens with one attached hydrogen (secondary N) is 2. The molecule has 0 atom stereocenters. The number of hydrogen-bond donors (Lipinski definition) is 2. The third-order valence-electron chi connectivity index (χ3n) is 2.70. The first kappa shape index (κ1) is 12.7. The molecule has 3 aromatic rings. The number of aromatic amines is 1. The zero-order chi connectivity index (χ0) is 13.8. The highest BCUT2D eigenvalue weighted by Crippen LogP contribution is 2.16. The van der Waals surface area contributed by atoms with E-state index in [9.17, 15) is 0 Å². The van der Waals surface area contributed by atoms with E-state index in [1.807, 2.05) is 12.1 Å². The Balaban J connectivity index is 1.55. The average molecular weight is 290 g/mol. The monoisotopic (exact) mass is 289 g/mol. The van der Waals surface area contributed by atoms with Gasteiger partial charge in [-0.1, -0.05) is 11.6 Å². The van der Waals surface area contributed by atoms with Crippen LogP contribution in [0.15, 0.2) is 36.9 Å². The average Bonchev–Trinajstić information content (AvgIpc) is 2.94. The Hall–Kier alpha value is -2.34. The van der Waals surface area contributed by atoms with E-state index in [4.69, 9.17) is 16.3 Å². The molecule has 2 N–H and O–H groups in total. The molecule has 0 saturated heterocycles. The maximum Gasteiger partial charge on any atom is 0.182 e. The Kier molecular flexibility index (Phi) is 3.64. The summed E-state index contributed by atoms with van der Waals surface area (Å²) in [4.78, 5) is 15.3. The highest BCUT2D eigenvalue weighted by Gasteiger charge is 2.04. The maximum atomic E-state index is 5.81. The number of benzene rings is 1. The lowest BCUT2D eigenvalue weighted by atomic mass is 10.3. The fraction of sp³-hybridized carbons (Fsp3) is 0.154. The van der Waals surface area contributed by atoms with Crippen molar-refractivity contribution >= 4 is 28.6 Å². The lowest BCUT2D eigenvalue weighted by Gasteiger charge is -2.08. The first-order chi connectivity index (χ1) is 9.83. The minimum absolute atomic E-state index is 0.515. The molecule has 0 spiro atoms. The van der Waals surface area contributed by atoms with Crippen LogP contribution in [0.1, 0.15) is 0 Å². The van der Waals surface area contributed by atoms with E-state index in [2.05, 4.69) is 25.3 Å². The molecule has 20 heavy (non-hydrogen) atoms. The van der Waals surface area contributed by atoms with Crippen molar-refractivity contribution in [3.63, 3.8) is 0 Å². The standard InChI is InChI=1S/C13H12ClN5O/c14-9-1-3-10(4-2-9)20-6-5-15-12-11-13(17-7-16-11)19-8-18-12/h1-4,7-8H,5-6H2,(H2,15,16,17,18,19). The highest BCUT2D eigenvalue weighted by molar-refractivity contribution is 6.30. The lowest BCUT2D eigenvalue weighted by molar-refractivity contribution is 0.333. The molecule has 0 aliphatic rings. The molecule has 1 aromatic carbocycles. The molecular formula is C13H12ClN5O. The van der Waals surface area contributed by atoms with Gasteiger partial charge in [0.2, 0.25) is 0 Å². The van der Waals surface area contributed by atoms with Gasteiger partial charge in [0.1, 0.15) is 24.2 Å². The van der Waals surface area contributed by atoms with Gasteiger partial charge in [0.25, 0.3) is 0 Å². The van der Waals surface area contributed by atoms with Gasteiger partial charge in [-0.2, -0.15) is 0 Å². The molecule has 0 amide bonds. The molecule has 7 heteroatoms. The molecule has 6 nitrogen and oxygen atoms in total. The summed E-state index contributed by atoms with van der Waals surface area (Å²) in [6.07, 6.45) is 3.07. The van der Waals surface area contributed by atoms with E-state index in [0.29, 0.717) is 29.6 Å². The van der Waals surface area contributed by atoms with Crippen molar-refractivity contribution in [3.8, 4) is 5.75 Å². The Bertz CT molecular complexity index is 697. The van der Waals surface area contributed by atoms with Crippen molar-refractivity contribution in [2.45, 2.75) is 0 Å². The van der Waals surface area contributed by atoms with Crippen LogP contribution in [0.4, 0.5) is 5.82 Å². The summed E-state index contributed by atoms with van der Waals surface area (Å²) in [5.41, 5.74) is 1.43. The van der Waals surface area contributed by atoms with Crippen molar-refractivity contribution in [2.75, 3.05) is 18.5 Å². The number of aromatic nitrogens is 4. The molecule has 0 bridgehead atoms. The van der Waals surface area contributed by atoms with Crippen molar-refractivity contribution in [2.24, 2.45) is 0 Å². The lowest BCUT2D eigenvalue weighted by Crippen LogP contribution is -2.12. The number of rotatable bonds is 5. The van der Waals surface area contributed by atoms with Gasteiger partial charge in [-0.05, 0) is 24.3 Å². The van der Waals surface area contributed by atoms with Gasteiger partial charge in [-0.25, -0.2) is 15.0 Å². The van der Waals surface area contributed by atoms with Crippen LogP contribution in [0.5, 0.6) is 5.75 Å². The number of ether oxygens (including phenoxy) is 1. The Labute approximate surface area is 120 Å². The molecule has 0 aliphatic heterocycles. The molecule has 0 fully saturated rings. The summed E-state index contributed by atoms with van der Waals surface area (Å²) in [6, 6.07) is 7.26. The number of anilines is 1. The van der Waals surface area contributed by atoms with Crippen LogP contribution in [-0.2, 0) is 0 Å². The first-order valence-electron chi connectivity index (χ1n) is 6.09. The molecule has 0 unspecified atom stereocenters. The minimum atomic E-state index is 0.515. The molecular weight excluding hydrogens is 278 g/mol. The molecule has 0 radical (unpaired) electrons. The summed E-state index contributed by atoms with van der Waals surface area (Å²) < 4.78 is 5.59. The number of hydrogen-bond acceptors (Lipinski definition) is 5. The van der Waals surface area contributed by atoms with E-state index < -0.39 is 0 Å². The first-order valence-corrected chi connectivity index (χ1v) is 6.47. The van der Waals surface area contributed by atoms with Crippen molar-refractivity contribution in [1.82, 2.24) is 19.9 Å². The zero-order valence-electron chi connectivity index (χ0n) is 10.5. The SMILES string of the molecule is Clc1ccc(OCCNc2ncnc3nc[nH]c23)cc1. The Morgan fingerprint density at radius 1 is 1.15 bits per heavy atom. The number of fused-ring (bicyclic) bond motifs is 1. The number of nitrogens with zero attached hydrogens (tertiary/aromatic N) is 3. The van der Waals surface area contributed by atoms with Crippen molar-refractivity contribution in [1.29, 1.82) is 0 Å². The molecule has 2 aromatic heterocycles. The van der Waals surface area contributed by atoms with Crippen molar-refractivity contribution < 1.29 is 4.74 Å². The zero-order valence-corrected chi connectivity index (χ0v) is 11.3. The predicted octanol–water partition coefficient (Wildman–Crippen LogP) is 2.50. The second kappa shape index (κ2) is 5.75. The quantitative estimate of drug-likeness (QED) is 0.706. The highest BCUT2D eigenvalue weighted by atomic mass is 35.5. The van der Waals surface area contributed by atoms with Gasteiger partial charge in [0.15, 0.2) is 11.5 Å². The second-order valence-corrected chi connectivity index (χ2v) is 4.49. The van der Waals surface area contributed by atoms with Crippen LogP contribution in [-0.4, -0.2) is 33.1 Å². The van der Waals surface area contributed by atoms with Crippen LogP contribution >= 0.6 is 11.6 Å². The summed E-state index contributed by atoms with van der Waals surface area (Å²) in [5.74, 6) is 1.50. The van der Waals surface area contributed by atoms with Gasteiger partial charge in [-0.15, -0.1) is 0 Å². The Morgan fingerprint density at radius 3 is 2.85 bits per heavy atom. The second-order valence-electron chi connectivity index (χ2n) is 4.05. The van der Waals surface area contributed by atoms with E-state index in [1.165, 1.54) is 6.33 Å². The van der Waals surface area contributed by atoms with Gasteiger partial charge >= 0.3 is 0 Å². The fourth-order valence-corrected chi connectivity index (χ4v) is 1.89. The Morgan fingerprint density at radius 2 is 2.00 bits per heavy atom. The summed E-state index contributed by atoms with van der Waals surface area (Å²) in [7, 11) is 0. The largest absolute Gasteiger partial charge is 0.492 e. The van der Waals surface area contributed by atoms with E-state index in [-0.39, 0.29) is 0 Å². The van der Waals surface area contributed by atoms with Crippen LogP contribution < -0.4 is 10.1 Å². The third-order valence-corrected chi connectivity index (χ3v) is 2.95. The van der Waals surface area contributed by atoms with Crippen LogP contribution in [0, 0.1) is 0 Å². The number of halogens is 1. The van der Waals surface area contributed by atoms with Crippen LogP contribution in [0.3, 0.4) is 0 Å². The van der Waals surface area contributed by atoms with Crippen LogP contribution in [0.2, 0.25) is 5.02 Å². The number of H-pyrrole nitrogens is 1. The maximum absolute atomic E-state index is 5.81. The summed E-state index contributed by atoms with van der Waals surface area (Å²) >= 11 is 5.81. The molecule has 102 valence electrons. The van der Waals surface area contributed by atoms with E-state index in [0.717, 1.165) is 11.3 Å². The summed E-state index contributed by atoms with van der Waals surface area (Å²) in [6.45, 7) is 1.13. The van der Waals surface area contributed by atoms with E-state index >= 15 is 0 Å². The smallest absolute Gasteiger partial charge is 0.182 e. The predicted molar refractivity (Wildman–Crippen MR) is 77.1 cm³/mol. The van der Waals surface area contributed by atoms with Gasteiger partial charge < -0.3 is 15.0 Å².